The van der Waals surface area contributed by atoms with Gasteiger partial charge in [0.1, 0.15) is 5.82 Å². The summed E-state index contributed by atoms with van der Waals surface area (Å²) in [6.07, 6.45) is 5.05. The molecule has 0 saturated heterocycles. The highest BCUT2D eigenvalue weighted by Gasteiger charge is 2.07. The molecule has 0 bridgehead atoms. The van der Waals surface area contributed by atoms with E-state index in [9.17, 15) is 4.79 Å². The summed E-state index contributed by atoms with van der Waals surface area (Å²) in [5, 5.41) is 3.29. The molecule has 5 nitrogen and oxygen atoms in total. The first-order chi connectivity index (χ1) is 9.16. The Morgan fingerprint density at radius 3 is 2.58 bits per heavy atom. The van der Waals surface area contributed by atoms with E-state index in [2.05, 4.69) is 20.3 Å². The molecule has 2 heterocycles. The molecular formula is C14H16N4O. The maximum atomic E-state index is 11.1. The SMILES string of the molecule is CC(=O)c1ccc(CNC(C)c2ncccn2)nc1. The van der Waals surface area contributed by atoms with Gasteiger partial charge in [-0.05, 0) is 32.0 Å². The Kier molecular flexibility index (Phi) is 4.30. The second kappa shape index (κ2) is 6.15. The van der Waals surface area contributed by atoms with E-state index in [-0.39, 0.29) is 11.8 Å². The molecule has 19 heavy (non-hydrogen) atoms. The van der Waals surface area contributed by atoms with Crippen molar-refractivity contribution < 1.29 is 4.79 Å². The highest BCUT2D eigenvalue weighted by atomic mass is 16.1. The van der Waals surface area contributed by atoms with Crippen LogP contribution in [0.1, 0.15) is 41.8 Å². The Morgan fingerprint density at radius 2 is 2.00 bits per heavy atom. The van der Waals surface area contributed by atoms with Crippen molar-refractivity contribution in [1.82, 2.24) is 20.3 Å². The monoisotopic (exact) mass is 256 g/mol. The van der Waals surface area contributed by atoms with Crippen LogP contribution >= 0.6 is 0 Å². The smallest absolute Gasteiger partial charge is 0.161 e. The topological polar surface area (TPSA) is 67.8 Å². The van der Waals surface area contributed by atoms with Crippen molar-refractivity contribution in [3.63, 3.8) is 0 Å². The van der Waals surface area contributed by atoms with Crippen molar-refractivity contribution in [3.05, 3.63) is 53.9 Å². The highest BCUT2D eigenvalue weighted by Crippen LogP contribution is 2.07. The number of rotatable bonds is 5. The Balaban J connectivity index is 1.93. The average Bonchev–Trinajstić information content (AvgIpc) is 2.46. The fraction of sp³-hybridized carbons (Fsp3) is 0.286. The minimum absolute atomic E-state index is 0.0260. The molecule has 5 heteroatoms. The van der Waals surface area contributed by atoms with Gasteiger partial charge in [0.15, 0.2) is 5.78 Å². The van der Waals surface area contributed by atoms with Gasteiger partial charge in [0.2, 0.25) is 0 Å². The number of Topliss-reactive ketones (excluding diaryl/α,β-unsaturated/α-hetero) is 1. The van der Waals surface area contributed by atoms with E-state index in [0.29, 0.717) is 12.1 Å². The van der Waals surface area contributed by atoms with E-state index < -0.39 is 0 Å². The zero-order valence-corrected chi connectivity index (χ0v) is 11.0. The van der Waals surface area contributed by atoms with Crippen molar-refractivity contribution in [3.8, 4) is 0 Å². The average molecular weight is 256 g/mol. The summed E-state index contributed by atoms with van der Waals surface area (Å²) in [4.78, 5) is 23.8. The third kappa shape index (κ3) is 3.66. The molecule has 1 N–H and O–H groups in total. The standard InChI is InChI=1S/C14H16N4O/c1-10(14-15-6-3-7-16-14)17-9-13-5-4-12(8-18-13)11(2)19/h3-8,10,17H,9H2,1-2H3. The maximum Gasteiger partial charge on any atom is 0.161 e. The van der Waals surface area contributed by atoms with Crippen LogP contribution in [0, 0.1) is 0 Å². The first kappa shape index (κ1) is 13.3. The van der Waals surface area contributed by atoms with E-state index in [0.717, 1.165) is 11.5 Å². The fourth-order valence-corrected chi connectivity index (χ4v) is 1.62. The molecule has 0 amide bonds. The van der Waals surface area contributed by atoms with Gasteiger partial charge in [-0.3, -0.25) is 9.78 Å². The number of nitrogens with zero attached hydrogens (tertiary/aromatic N) is 3. The molecule has 1 atom stereocenters. The fourth-order valence-electron chi connectivity index (χ4n) is 1.62. The summed E-state index contributed by atoms with van der Waals surface area (Å²) >= 11 is 0. The summed E-state index contributed by atoms with van der Waals surface area (Å²) in [5.74, 6) is 0.779. The van der Waals surface area contributed by atoms with Gasteiger partial charge in [-0.25, -0.2) is 9.97 Å². The lowest BCUT2D eigenvalue weighted by molar-refractivity contribution is 0.101. The predicted molar refractivity (Wildman–Crippen MR) is 71.5 cm³/mol. The Hall–Kier alpha value is -2.14. The van der Waals surface area contributed by atoms with Crippen LogP contribution in [0.5, 0.6) is 0 Å². The van der Waals surface area contributed by atoms with Gasteiger partial charge in [-0.15, -0.1) is 0 Å². The van der Waals surface area contributed by atoms with Crippen LogP contribution in [0.15, 0.2) is 36.8 Å². The number of aromatic nitrogens is 3. The van der Waals surface area contributed by atoms with Gasteiger partial charge in [-0.1, -0.05) is 0 Å². The van der Waals surface area contributed by atoms with E-state index in [1.165, 1.54) is 6.92 Å². The summed E-state index contributed by atoms with van der Waals surface area (Å²) in [6.45, 7) is 4.14. The summed E-state index contributed by atoms with van der Waals surface area (Å²) in [6, 6.07) is 5.48. The van der Waals surface area contributed by atoms with Gasteiger partial charge in [0, 0.05) is 30.7 Å². The number of nitrogens with one attached hydrogen (secondary N) is 1. The lowest BCUT2D eigenvalue weighted by Crippen LogP contribution is -2.20. The van der Waals surface area contributed by atoms with Crippen molar-refractivity contribution in [2.24, 2.45) is 0 Å². The zero-order chi connectivity index (χ0) is 13.7. The third-order valence-electron chi connectivity index (χ3n) is 2.79. The molecule has 0 spiro atoms. The van der Waals surface area contributed by atoms with Crippen LogP contribution in [-0.4, -0.2) is 20.7 Å². The van der Waals surface area contributed by atoms with Crippen LogP contribution < -0.4 is 5.32 Å². The second-order valence-corrected chi connectivity index (χ2v) is 4.30. The first-order valence-electron chi connectivity index (χ1n) is 6.13. The van der Waals surface area contributed by atoms with Crippen LogP contribution in [0.2, 0.25) is 0 Å². The number of pyridine rings is 1. The normalized spacial score (nSPS) is 12.1. The molecule has 0 aliphatic heterocycles. The van der Waals surface area contributed by atoms with Gasteiger partial charge in [-0.2, -0.15) is 0 Å². The summed E-state index contributed by atoms with van der Waals surface area (Å²) < 4.78 is 0. The largest absolute Gasteiger partial charge is 0.302 e. The maximum absolute atomic E-state index is 11.1. The molecule has 0 aliphatic carbocycles. The van der Waals surface area contributed by atoms with Gasteiger partial charge >= 0.3 is 0 Å². The molecular weight excluding hydrogens is 240 g/mol. The molecule has 0 aliphatic rings. The van der Waals surface area contributed by atoms with Crippen LogP contribution in [-0.2, 0) is 6.54 Å². The van der Waals surface area contributed by atoms with Crippen molar-refractivity contribution in [2.75, 3.05) is 0 Å². The lowest BCUT2D eigenvalue weighted by Gasteiger charge is -2.11. The number of ketones is 1. The van der Waals surface area contributed by atoms with Gasteiger partial charge in [0.05, 0.1) is 11.7 Å². The Labute approximate surface area is 112 Å². The van der Waals surface area contributed by atoms with Crippen molar-refractivity contribution in [2.45, 2.75) is 26.4 Å². The lowest BCUT2D eigenvalue weighted by atomic mass is 10.2. The van der Waals surface area contributed by atoms with E-state index in [4.69, 9.17) is 0 Å². The number of carbonyl (C=O) groups is 1. The summed E-state index contributed by atoms with van der Waals surface area (Å²) in [5.41, 5.74) is 1.51. The molecule has 0 fully saturated rings. The highest BCUT2D eigenvalue weighted by molar-refractivity contribution is 5.93. The molecule has 2 rings (SSSR count). The number of hydrogen-bond donors (Lipinski definition) is 1. The molecule has 2 aromatic rings. The third-order valence-corrected chi connectivity index (χ3v) is 2.79. The molecule has 0 aromatic carbocycles. The van der Waals surface area contributed by atoms with Gasteiger partial charge in [0.25, 0.3) is 0 Å². The molecule has 2 aromatic heterocycles. The van der Waals surface area contributed by atoms with Crippen LogP contribution in [0.4, 0.5) is 0 Å². The molecule has 98 valence electrons. The quantitative estimate of drug-likeness (QED) is 0.828. The number of hydrogen-bond acceptors (Lipinski definition) is 5. The van der Waals surface area contributed by atoms with E-state index in [1.807, 2.05) is 13.0 Å². The van der Waals surface area contributed by atoms with E-state index in [1.54, 1.807) is 30.7 Å². The zero-order valence-electron chi connectivity index (χ0n) is 11.0. The molecule has 1 unspecified atom stereocenters. The Morgan fingerprint density at radius 1 is 1.26 bits per heavy atom. The van der Waals surface area contributed by atoms with E-state index >= 15 is 0 Å². The molecule has 0 saturated carbocycles. The van der Waals surface area contributed by atoms with Crippen LogP contribution in [0.3, 0.4) is 0 Å². The van der Waals surface area contributed by atoms with Crippen molar-refractivity contribution >= 4 is 5.78 Å². The minimum atomic E-state index is 0.0260. The van der Waals surface area contributed by atoms with Gasteiger partial charge < -0.3 is 5.32 Å². The minimum Gasteiger partial charge on any atom is -0.302 e. The van der Waals surface area contributed by atoms with Crippen LogP contribution in [0.25, 0.3) is 0 Å². The predicted octanol–water partition coefficient (Wildman–Crippen LogP) is 1.93. The summed E-state index contributed by atoms with van der Waals surface area (Å²) in [7, 11) is 0. The second-order valence-electron chi connectivity index (χ2n) is 4.30. The Bertz CT molecular complexity index is 539. The number of carbonyl (C=O) groups excluding carboxylic acids is 1. The molecule has 0 radical (unpaired) electrons. The first-order valence-corrected chi connectivity index (χ1v) is 6.13. The van der Waals surface area contributed by atoms with Crippen molar-refractivity contribution in [1.29, 1.82) is 0 Å².